The Labute approximate surface area is 163 Å². The number of carbonyl (C=O) groups excluding carboxylic acids is 1. The molecule has 142 valence electrons. The van der Waals surface area contributed by atoms with E-state index in [0.29, 0.717) is 37.6 Å². The van der Waals surface area contributed by atoms with Crippen molar-refractivity contribution in [3.63, 3.8) is 0 Å². The number of carbonyl (C=O) groups is 1. The minimum absolute atomic E-state index is 0.113. The monoisotopic (exact) mass is 385 g/mol. The summed E-state index contributed by atoms with van der Waals surface area (Å²) < 4.78 is 0. The van der Waals surface area contributed by atoms with Crippen LogP contribution in [0.15, 0.2) is 47.4 Å². The molecule has 27 heavy (non-hydrogen) atoms. The smallest absolute Gasteiger partial charge is 0.292 e. The molecule has 0 bridgehead atoms. The van der Waals surface area contributed by atoms with Gasteiger partial charge in [-0.1, -0.05) is 29.8 Å². The van der Waals surface area contributed by atoms with E-state index in [9.17, 15) is 14.9 Å². The zero-order chi connectivity index (χ0) is 19.4. The molecule has 1 amide bonds. The Hall–Kier alpha value is -2.54. The van der Waals surface area contributed by atoms with Crippen LogP contribution in [0.5, 0.6) is 0 Å². The summed E-state index contributed by atoms with van der Waals surface area (Å²) in [6.07, 6.45) is 0. The molecule has 6 nitrogen and oxygen atoms in total. The summed E-state index contributed by atoms with van der Waals surface area (Å²) in [7, 11) is 0. The zero-order valence-electron chi connectivity index (χ0n) is 15.6. The molecule has 0 atom stereocenters. The van der Waals surface area contributed by atoms with E-state index in [-0.39, 0.29) is 16.5 Å². The molecule has 2 aromatic carbocycles. The Morgan fingerprint density at radius 3 is 2.48 bits per heavy atom. The van der Waals surface area contributed by atoms with Gasteiger partial charge in [0.25, 0.3) is 5.69 Å². The van der Waals surface area contributed by atoms with Gasteiger partial charge in [0, 0.05) is 37.1 Å². The van der Waals surface area contributed by atoms with E-state index in [1.165, 1.54) is 17.2 Å². The van der Waals surface area contributed by atoms with Crippen LogP contribution < -0.4 is 4.90 Å². The van der Waals surface area contributed by atoms with Crippen LogP contribution in [-0.4, -0.2) is 47.7 Å². The molecule has 0 N–H and O–H groups in total. The summed E-state index contributed by atoms with van der Waals surface area (Å²) in [5.74, 6) is 0.525. The number of para-hydroxylation sites is 2. The van der Waals surface area contributed by atoms with Crippen molar-refractivity contribution in [2.45, 2.75) is 18.7 Å². The summed E-state index contributed by atoms with van der Waals surface area (Å²) in [6, 6.07) is 13.0. The number of aryl methyl sites for hydroxylation is 2. The second-order valence-corrected chi connectivity index (χ2v) is 7.69. The maximum absolute atomic E-state index is 12.5. The first kappa shape index (κ1) is 19.2. The lowest BCUT2D eigenvalue weighted by molar-refractivity contribution is -0.384. The van der Waals surface area contributed by atoms with E-state index in [0.717, 1.165) is 4.90 Å². The SMILES string of the molecule is Cc1ccc(SCC(=O)N2CCN(c3ccccc3[N+](=O)[O-])CC2)c(C)c1. The predicted octanol–water partition coefficient (Wildman–Crippen LogP) is 3.65. The average Bonchev–Trinajstić information content (AvgIpc) is 2.67. The largest absolute Gasteiger partial charge is 0.362 e. The van der Waals surface area contributed by atoms with E-state index < -0.39 is 0 Å². The molecule has 7 heteroatoms. The van der Waals surface area contributed by atoms with Crippen LogP contribution in [0.25, 0.3) is 0 Å². The summed E-state index contributed by atoms with van der Waals surface area (Å²) >= 11 is 1.57. The van der Waals surface area contributed by atoms with Crippen molar-refractivity contribution in [2.24, 2.45) is 0 Å². The molecule has 1 aliphatic rings. The normalized spacial score (nSPS) is 14.3. The van der Waals surface area contributed by atoms with Crippen LogP contribution in [0, 0.1) is 24.0 Å². The third kappa shape index (κ3) is 4.60. The summed E-state index contributed by atoms with van der Waals surface area (Å²) in [6.45, 7) is 6.49. The Morgan fingerprint density at radius 2 is 1.81 bits per heavy atom. The van der Waals surface area contributed by atoms with Gasteiger partial charge in [-0.3, -0.25) is 14.9 Å². The molecule has 1 aliphatic heterocycles. The Morgan fingerprint density at radius 1 is 1.11 bits per heavy atom. The zero-order valence-corrected chi connectivity index (χ0v) is 16.4. The number of benzene rings is 2. The molecule has 3 rings (SSSR count). The molecule has 0 radical (unpaired) electrons. The molecule has 1 heterocycles. The lowest BCUT2D eigenvalue weighted by atomic mass is 10.2. The molecule has 2 aromatic rings. The number of rotatable bonds is 5. The van der Waals surface area contributed by atoms with E-state index in [4.69, 9.17) is 0 Å². The number of nitro groups is 1. The molecule has 0 aliphatic carbocycles. The fourth-order valence-corrected chi connectivity index (χ4v) is 4.19. The minimum Gasteiger partial charge on any atom is -0.362 e. The first-order valence-corrected chi connectivity index (χ1v) is 9.90. The molecule has 0 unspecified atom stereocenters. The van der Waals surface area contributed by atoms with Crippen molar-refractivity contribution in [1.82, 2.24) is 4.90 Å². The summed E-state index contributed by atoms with van der Waals surface area (Å²) in [5, 5.41) is 11.2. The van der Waals surface area contributed by atoms with Crippen LogP contribution in [0.1, 0.15) is 11.1 Å². The fourth-order valence-electron chi connectivity index (χ4n) is 3.27. The van der Waals surface area contributed by atoms with Gasteiger partial charge in [0.05, 0.1) is 10.7 Å². The van der Waals surface area contributed by atoms with E-state index in [2.05, 4.69) is 32.0 Å². The Kier molecular flexibility index (Phi) is 6.01. The van der Waals surface area contributed by atoms with Crippen molar-refractivity contribution < 1.29 is 9.72 Å². The second kappa shape index (κ2) is 8.43. The lowest BCUT2D eigenvalue weighted by Gasteiger charge is -2.35. The van der Waals surface area contributed by atoms with Gasteiger partial charge in [-0.05, 0) is 31.5 Å². The molecular weight excluding hydrogens is 362 g/mol. The standard InChI is InChI=1S/C20H23N3O3S/c1-15-7-8-19(16(2)13-15)27-14-20(24)22-11-9-21(10-12-22)17-5-3-4-6-18(17)23(25)26/h3-8,13H,9-12,14H2,1-2H3. The van der Waals surface area contributed by atoms with E-state index in [1.807, 2.05) is 9.80 Å². The number of hydrogen-bond donors (Lipinski definition) is 0. The van der Waals surface area contributed by atoms with Crippen molar-refractivity contribution in [3.05, 3.63) is 63.7 Å². The number of anilines is 1. The van der Waals surface area contributed by atoms with Crippen LogP contribution in [0.2, 0.25) is 0 Å². The number of thioether (sulfide) groups is 1. The molecule has 0 spiro atoms. The molecule has 0 saturated carbocycles. The van der Waals surface area contributed by atoms with Gasteiger partial charge in [-0.15, -0.1) is 11.8 Å². The van der Waals surface area contributed by atoms with Crippen LogP contribution in [0.4, 0.5) is 11.4 Å². The van der Waals surface area contributed by atoms with Crippen molar-refractivity contribution >= 4 is 29.0 Å². The van der Waals surface area contributed by atoms with E-state index >= 15 is 0 Å². The highest BCUT2D eigenvalue weighted by Crippen LogP contribution is 2.29. The molecular formula is C20H23N3O3S. The van der Waals surface area contributed by atoms with Crippen molar-refractivity contribution in [3.8, 4) is 0 Å². The summed E-state index contributed by atoms with van der Waals surface area (Å²) in [5.41, 5.74) is 3.14. The van der Waals surface area contributed by atoms with Gasteiger partial charge in [0.15, 0.2) is 0 Å². The van der Waals surface area contributed by atoms with E-state index in [1.54, 1.807) is 30.0 Å². The third-order valence-corrected chi connectivity index (χ3v) is 5.89. The first-order chi connectivity index (χ1) is 13.0. The lowest BCUT2D eigenvalue weighted by Crippen LogP contribution is -2.49. The minimum atomic E-state index is -0.354. The van der Waals surface area contributed by atoms with Gasteiger partial charge in [-0.25, -0.2) is 0 Å². The number of piperazine rings is 1. The first-order valence-electron chi connectivity index (χ1n) is 8.92. The van der Waals surface area contributed by atoms with Gasteiger partial charge < -0.3 is 9.80 Å². The highest BCUT2D eigenvalue weighted by molar-refractivity contribution is 8.00. The maximum atomic E-state index is 12.5. The quantitative estimate of drug-likeness (QED) is 0.446. The van der Waals surface area contributed by atoms with Gasteiger partial charge >= 0.3 is 0 Å². The maximum Gasteiger partial charge on any atom is 0.292 e. The number of amides is 1. The fraction of sp³-hybridized carbons (Fsp3) is 0.350. The van der Waals surface area contributed by atoms with Crippen LogP contribution in [0.3, 0.4) is 0 Å². The average molecular weight is 385 g/mol. The number of nitro benzene ring substituents is 1. The van der Waals surface area contributed by atoms with Crippen molar-refractivity contribution in [1.29, 1.82) is 0 Å². The Bertz CT molecular complexity index is 848. The van der Waals surface area contributed by atoms with Gasteiger partial charge in [0.2, 0.25) is 5.91 Å². The van der Waals surface area contributed by atoms with Crippen molar-refractivity contribution in [2.75, 3.05) is 36.8 Å². The molecule has 1 saturated heterocycles. The number of nitrogens with zero attached hydrogens (tertiary/aromatic N) is 3. The highest BCUT2D eigenvalue weighted by atomic mass is 32.2. The topological polar surface area (TPSA) is 66.7 Å². The van der Waals surface area contributed by atoms with Gasteiger partial charge in [-0.2, -0.15) is 0 Å². The highest BCUT2D eigenvalue weighted by Gasteiger charge is 2.25. The predicted molar refractivity (Wildman–Crippen MR) is 109 cm³/mol. The summed E-state index contributed by atoms with van der Waals surface area (Å²) in [4.78, 5) is 28.4. The molecule has 1 fully saturated rings. The second-order valence-electron chi connectivity index (χ2n) is 6.67. The third-order valence-electron chi connectivity index (χ3n) is 4.73. The number of hydrogen-bond acceptors (Lipinski definition) is 5. The molecule has 0 aromatic heterocycles. The van der Waals surface area contributed by atoms with Crippen LogP contribution in [-0.2, 0) is 4.79 Å². The van der Waals surface area contributed by atoms with Gasteiger partial charge in [0.1, 0.15) is 5.69 Å². The Balaban J connectivity index is 1.56. The van der Waals surface area contributed by atoms with Crippen LogP contribution >= 0.6 is 11.8 Å².